The highest BCUT2D eigenvalue weighted by atomic mass is 19.2. The molecule has 28 heavy (non-hydrogen) atoms. The fourth-order valence-corrected chi connectivity index (χ4v) is 3.86. The van der Waals surface area contributed by atoms with Crippen molar-refractivity contribution in [1.29, 1.82) is 0 Å². The topological polar surface area (TPSA) is 60.5 Å². The third-order valence-corrected chi connectivity index (χ3v) is 5.06. The Balaban J connectivity index is 1.80. The number of fused-ring (bicyclic) bond motifs is 4. The number of halogens is 2. The van der Waals surface area contributed by atoms with Crippen LogP contribution in [0.25, 0.3) is 0 Å². The van der Waals surface area contributed by atoms with Gasteiger partial charge in [-0.3, -0.25) is 4.90 Å². The van der Waals surface area contributed by atoms with E-state index in [1.807, 2.05) is 0 Å². The van der Waals surface area contributed by atoms with Crippen LogP contribution in [-0.4, -0.2) is 30.7 Å². The van der Waals surface area contributed by atoms with E-state index in [4.69, 9.17) is 19.0 Å². The molecule has 146 valence electrons. The van der Waals surface area contributed by atoms with E-state index in [-0.39, 0.29) is 30.9 Å². The van der Waals surface area contributed by atoms with Crippen LogP contribution in [0.5, 0.6) is 11.5 Å². The predicted molar refractivity (Wildman–Crippen MR) is 91.6 cm³/mol. The highest BCUT2D eigenvalue weighted by molar-refractivity contribution is 5.96. The summed E-state index contributed by atoms with van der Waals surface area (Å²) in [5.41, 5.74) is -0.625. The molecule has 5 rings (SSSR count). The number of hydrogen-bond donors (Lipinski definition) is 0. The van der Waals surface area contributed by atoms with Gasteiger partial charge in [0, 0.05) is 23.2 Å². The molecule has 2 aromatic rings. The number of amides is 2. The molecule has 3 aliphatic heterocycles. The fourth-order valence-electron chi connectivity index (χ4n) is 3.86. The molecule has 0 N–H and O–H groups in total. The maximum absolute atomic E-state index is 14.3. The number of benzene rings is 2. The first-order valence-corrected chi connectivity index (χ1v) is 8.73. The van der Waals surface area contributed by atoms with Gasteiger partial charge in [0.25, 0.3) is 0 Å². The number of carbonyl (C=O) groups excluding carboxylic acids is 1. The van der Waals surface area contributed by atoms with Crippen LogP contribution in [0.4, 0.5) is 19.3 Å². The summed E-state index contributed by atoms with van der Waals surface area (Å²) >= 11 is 0. The van der Waals surface area contributed by atoms with Crippen LogP contribution in [-0.2, 0) is 15.3 Å². The van der Waals surface area contributed by atoms with Gasteiger partial charge in [-0.25, -0.2) is 18.4 Å². The highest BCUT2D eigenvalue weighted by Gasteiger charge is 2.57. The van der Waals surface area contributed by atoms with Gasteiger partial charge in [0.2, 0.25) is 12.5 Å². The number of anilines is 1. The maximum atomic E-state index is 14.3. The van der Waals surface area contributed by atoms with E-state index in [1.165, 1.54) is 4.90 Å². The fraction of sp³-hybridized carbons (Fsp3) is 0.316. The van der Waals surface area contributed by atoms with Crippen LogP contribution < -0.4 is 14.4 Å². The summed E-state index contributed by atoms with van der Waals surface area (Å²) in [5, 5.41) is 1.06. The molecule has 3 heterocycles. The number of hydroxylamine groups is 2. The lowest BCUT2D eigenvalue weighted by Crippen LogP contribution is -2.58. The van der Waals surface area contributed by atoms with E-state index in [1.54, 1.807) is 32.0 Å². The van der Waals surface area contributed by atoms with E-state index >= 15 is 0 Å². The molecular formula is C19H16F2N2O5. The van der Waals surface area contributed by atoms with Gasteiger partial charge in [0.05, 0.1) is 5.69 Å². The molecule has 0 radical (unpaired) electrons. The molecular weight excluding hydrogens is 374 g/mol. The van der Waals surface area contributed by atoms with Crippen LogP contribution in [0, 0.1) is 11.6 Å². The Hall–Kier alpha value is -2.91. The van der Waals surface area contributed by atoms with Crippen LogP contribution in [0.15, 0.2) is 30.3 Å². The van der Waals surface area contributed by atoms with Crippen molar-refractivity contribution >= 4 is 11.7 Å². The minimum atomic E-state index is -1.58. The van der Waals surface area contributed by atoms with Crippen LogP contribution in [0.3, 0.4) is 0 Å². The molecule has 9 heteroatoms. The van der Waals surface area contributed by atoms with E-state index in [0.717, 1.165) is 17.2 Å². The minimum absolute atomic E-state index is 0.0728. The zero-order valence-corrected chi connectivity index (χ0v) is 15.1. The Morgan fingerprint density at radius 1 is 1.04 bits per heavy atom. The second-order valence-electron chi connectivity index (χ2n) is 6.93. The van der Waals surface area contributed by atoms with Crippen molar-refractivity contribution in [2.75, 3.05) is 18.5 Å². The first-order chi connectivity index (χ1) is 13.4. The Kier molecular flexibility index (Phi) is 3.56. The molecule has 1 fully saturated rings. The summed E-state index contributed by atoms with van der Waals surface area (Å²) in [7, 11) is 0. The number of nitrogens with zero attached hydrogens (tertiary/aromatic N) is 2. The maximum Gasteiger partial charge on any atom is 0.352 e. The third-order valence-electron chi connectivity index (χ3n) is 5.06. The molecule has 7 nitrogen and oxygen atoms in total. The normalized spacial score (nSPS) is 22.7. The second kappa shape index (κ2) is 5.79. The Labute approximate surface area is 158 Å². The first-order valence-electron chi connectivity index (χ1n) is 8.73. The van der Waals surface area contributed by atoms with Gasteiger partial charge in [0.1, 0.15) is 0 Å². The van der Waals surface area contributed by atoms with Crippen molar-refractivity contribution in [3.63, 3.8) is 0 Å². The average Bonchev–Trinajstić information content (AvgIpc) is 3.30. The van der Waals surface area contributed by atoms with Crippen molar-refractivity contribution in [3.05, 3.63) is 53.1 Å². The highest BCUT2D eigenvalue weighted by Crippen LogP contribution is 2.51. The Bertz CT molecular complexity index is 999. The molecule has 3 aliphatic rings. The molecule has 2 aromatic carbocycles. The number of rotatable bonds is 2. The lowest BCUT2D eigenvalue weighted by Gasteiger charge is -2.45. The summed E-state index contributed by atoms with van der Waals surface area (Å²) in [4.78, 5) is 20.0. The Morgan fingerprint density at radius 3 is 2.57 bits per heavy atom. The zero-order valence-electron chi connectivity index (χ0n) is 15.1. The lowest BCUT2D eigenvalue weighted by molar-refractivity contribution is -0.118. The van der Waals surface area contributed by atoms with Crippen LogP contribution >= 0.6 is 0 Å². The van der Waals surface area contributed by atoms with Crippen molar-refractivity contribution in [2.24, 2.45) is 0 Å². The van der Waals surface area contributed by atoms with Crippen molar-refractivity contribution < 1.29 is 32.6 Å². The lowest BCUT2D eigenvalue weighted by atomic mass is 9.89. The minimum Gasteiger partial charge on any atom is -0.454 e. The van der Waals surface area contributed by atoms with Crippen molar-refractivity contribution in [2.45, 2.75) is 25.6 Å². The zero-order chi connectivity index (χ0) is 19.6. The van der Waals surface area contributed by atoms with Crippen molar-refractivity contribution in [3.8, 4) is 11.5 Å². The van der Waals surface area contributed by atoms with Gasteiger partial charge < -0.3 is 14.2 Å². The van der Waals surface area contributed by atoms with Gasteiger partial charge in [-0.05, 0) is 38.1 Å². The van der Waals surface area contributed by atoms with Crippen LogP contribution in [0.1, 0.15) is 25.0 Å². The molecule has 2 amide bonds. The monoisotopic (exact) mass is 390 g/mol. The Morgan fingerprint density at radius 2 is 1.79 bits per heavy atom. The number of urea groups is 1. The molecule has 1 saturated heterocycles. The summed E-state index contributed by atoms with van der Waals surface area (Å²) in [6.07, 6.45) is 0. The van der Waals surface area contributed by atoms with Gasteiger partial charge in [-0.1, -0.05) is 0 Å². The standard InChI is InChI=1S/C19H16F2N2O5/c1-10(2)22-15-7-14(21)13(20)6-12(15)19(23(18(22)24)28-9-27-19)11-3-4-16-17(5-11)26-8-25-16/h3-7,10H,8-9H2,1-2H3. The SMILES string of the molecule is CC(C)N1C(=O)N2OCOC2(c2ccc3c(c2)OCO3)c2cc(F)c(F)cc21. The predicted octanol–water partition coefficient (Wildman–Crippen LogP) is 3.46. The number of ether oxygens (including phenoxy) is 3. The molecule has 0 aromatic heterocycles. The van der Waals surface area contributed by atoms with Crippen LogP contribution in [0.2, 0.25) is 0 Å². The van der Waals surface area contributed by atoms with E-state index in [2.05, 4.69) is 0 Å². The molecule has 1 unspecified atom stereocenters. The van der Waals surface area contributed by atoms with E-state index in [9.17, 15) is 13.6 Å². The molecule has 0 saturated carbocycles. The molecule has 0 aliphatic carbocycles. The largest absolute Gasteiger partial charge is 0.454 e. The summed E-state index contributed by atoms with van der Waals surface area (Å²) in [5.74, 6) is -1.09. The molecule has 1 atom stereocenters. The summed E-state index contributed by atoms with van der Waals surface area (Å²) < 4.78 is 45.0. The molecule has 0 bridgehead atoms. The van der Waals surface area contributed by atoms with Gasteiger partial charge in [0.15, 0.2) is 29.9 Å². The summed E-state index contributed by atoms with van der Waals surface area (Å²) in [6, 6.07) is 6.19. The van der Waals surface area contributed by atoms with E-state index in [0.29, 0.717) is 17.1 Å². The average molecular weight is 390 g/mol. The first kappa shape index (κ1) is 17.2. The second-order valence-corrected chi connectivity index (χ2v) is 6.93. The summed E-state index contributed by atoms with van der Waals surface area (Å²) in [6.45, 7) is 3.38. The van der Waals surface area contributed by atoms with Gasteiger partial charge in [-0.2, -0.15) is 5.06 Å². The number of carbonyl (C=O) groups is 1. The third kappa shape index (κ3) is 2.11. The quantitative estimate of drug-likeness (QED) is 0.786. The van der Waals surface area contributed by atoms with E-state index < -0.39 is 23.4 Å². The van der Waals surface area contributed by atoms with Gasteiger partial charge in [-0.15, -0.1) is 0 Å². The van der Waals surface area contributed by atoms with Gasteiger partial charge >= 0.3 is 6.03 Å². The smallest absolute Gasteiger partial charge is 0.352 e. The number of hydrogen-bond acceptors (Lipinski definition) is 5. The van der Waals surface area contributed by atoms with Crippen molar-refractivity contribution in [1.82, 2.24) is 5.06 Å². The molecule has 0 spiro atoms.